The molecule has 4 heterocycles. The Kier molecular flexibility index (Phi) is 6.66. The topological polar surface area (TPSA) is 52.0 Å². The van der Waals surface area contributed by atoms with E-state index in [4.69, 9.17) is 13.3 Å². The number of aryl methyl sites for hydroxylation is 2. The molecule has 0 radical (unpaired) electrons. The average molecular weight is 417 g/mol. The van der Waals surface area contributed by atoms with Gasteiger partial charge in [0.05, 0.1) is 25.5 Å². The minimum absolute atomic E-state index is 0.709. The fraction of sp³-hybridized carbons (Fsp3) is 0.571. The zero-order valence-corrected chi connectivity index (χ0v) is 18.5. The number of benzene rings is 1. The van der Waals surface area contributed by atoms with Crippen LogP contribution in [-0.2, 0) is 19.9 Å². The maximum atomic E-state index is 6.19. The largest absolute Gasteiger partial charge is 0.501 e. The molecule has 2 aromatic rings. The van der Waals surface area contributed by atoms with Crippen molar-refractivity contribution in [3.8, 4) is 0 Å². The van der Waals surface area contributed by atoms with Gasteiger partial charge in [-0.2, -0.15) is 5.10 Å². The molecule has 0 atom stereocenters. The minimum Gasteiger partial charge on any atom is -0.372 e. The van der Waals surface area contributed by atoms with E-state index in [0.29, 0.717) is 19.8 Å². The van der Waals surface area contributed by atoms with Crippen LogP contribution in [0.2, 0.25) is 6.04 Å². The normalized spacial score (nSPS) is 24.7. The summed E-state index contributed by atoms with van der Waals surface area (Å²) in [7, 11) is -2.57. The van der Waals surface area contributed by atoms with E-state index in [-0.39, 0.29) is 0 Å². The molecule has 0 aliphatic carbocycles. The van der Waals surface area contributed by atoms with Crippen LogP contribution in [0.15, 0.2) is 36.4 Å². The Hall–Kier alpha value is -1.71. The van der Waals surface area contributed by atoms with E-state index in [1.165, 1.54) is 11.4 Å². The third-order valence-corrected chi connectivity index (χ3v) is 8.53. The summed E-state index contributed by atoms with van der Waals surface area (Å²) in [5, 5.41) is 4.65. The molecule has 3 aliphatic rings. The Morgan fingerprint density at radius 1 is 1.00 bits per heavy atom. The molecule has 29 heavy (non-hydrogen) atoms. The summed E-state index contributed by atoms with van der Waals surface area (Å²) < 4.78 is 20.6. The molecule has 2 bridgehead atoms. The third-order valence-electron chi connectivity index (χ3n) is 5.63. The lowest BCUT2D eigenvalue weighted by atomic mass is 10.3. The van der Waals surface area contributed by atoms with E-state index in [1.54, 1.807) is 0 Å². The van der Waals surface area contributed by atoms with Crippen molar-refractivity contribution in [2.24, 2.45) is 0 Å². The summed E-state index contributed by atoms with van der Waals surface area (Å²) in [4.78, 5) is 4.72. The van der Waals surface area contributed by atoms with Crippen LogP contribution in [-0.4, -0.2) is 69.5 Å². The van der Waals surface area contributed by atoms with Crippen molar-refractivity contribution in [2.45, 2.75) is 33.0 Å². The van der Waals surface area contributed by atoms with Gasteiger partial charge in [-0.15, -0.1) is 0 Å². The van der Waals surface area contributed by atoms with Crippen molar-refractivity contribution in [3.05, 3.63) is 47.8 Å². The molecule has 1 aromatic heterocycles. The molecule has 3 aliphatic heterocycles. The van der Waals surface area contributed by atoms with Crippen molar-refractivity contribution in [1.82, 2.24) is 14.7 Å². The predicted molar refractivity (Wildman–Crippen MR) is 115 cm³/mol. The Bertz CT molecular complexity index is 759. The summed E-state index contributed by atoms with van der Waals surface area (Å²) in [6.45, 7) is 10.9. The minimum atomic E-state index is -2.57. The van der Waals surface area contributed by atoms with Crippen molar-refractivity contribution in [1.29, 1.82) is 0 Å². The van der Waals surface area contributed by atoms with Gasteiger partial charge >= 0.3 is 8.80 Å². The average Bonchev–Trinajstić information content (AvgIpc) is 2.99. The number of fused-ring (bicyclic) bond motifs is 6. The quantitative estimate of drug-likeness (QED) is 0.647. The molecule has 0 N–H and O–H groups in total. The van der Waals surface area contributed by atoms with Gasteiger partial charge in [0.15, 0.2) is 0 Å². The lowest BCUT2D eigenvalue weighted by Gasteiger charge is -2.38. The highest BCUT2D eigenvalue weighted by atomic mass is 28.4. The summed E-state index contributed by atoms with van der Waals surface area (Å²) in [5.41, 5.74) is 3.43. The molecule has 8 heteroatoms. The van der Waals surface area contributed by atoms with Crippen LogP contribution in [0.3, 0.4) is 0 Å². The molecule has 0 spiro atoms. The maximum absolute atomic E-state index is 6.19. The Labute approximate surface area is 174 Å². The highest BCUT2D eigenvalue weighted by Crippen LogP contribution is 2.23. The van der Waals surface area contributed by atoms with Gasteiger partial charge in [-0.1, -0.05) is 18.2 Å². The lowest BCUT2D eigenvalue weighted by Crippen LogP contribution is -2.55. The van der Waals surface area contributed by atoms with E-state index in [1.807, 2.05) is 6.92 Å². The number of nitrogens with zero attached hydrogens (tertiary/aromatic N) is 4. The Morgan fingerprint density at radius 3 is 2.24 bits per heavy atom. The first-order valence-corrected chi connectivity index (χ1v) is 12.5. The second kappa shape index (κ2) is 9.40. The van der Waals surface area contributed by atoms with Crippen LogP contribution in [0.4, 0.5) is 5.69 Å². The number of para-hydroxylation sites is 1. The third kappa shape index (κ3) is 5.26. The van der Waals surface area contributed by atoms with Gasteiger partial charge in [0.1, 0.15) is 6.67 Å². The number of anilines is 1. The van der Waals surface area contributed by atoms with Gasteiger partial charge in [-0.05, 0) is 38.5 Å². The molecule has 0 amide bonds. The first-order valence-electron chi connectivity index (χ1n) is 10.6. The summed E-state index contributed by atoms with van der Waals surface area (Å²) in [6.07, 6.45) is 0.962. The fourth-order valence-electron chi connectivity index (χ4n) is 4.05. The summed E-state index contributed by atoms with van der Waals surface area (Å²) in [6, 6.07) is 13.5. The second-order valence-electron chi connectivity index (χ2n) is 7.84. The summed E-state index contributed by atoms with van der Waals surface area (Å²) in [5.74, 6) is 0. The molecule has 0 saturated carbocycles. The molecule has 158 valence electrons. The molecule has 3 fully saturated rings. The molecular weight excluding hydrogens is 384 g/mol. The Balaban J connectivity index is 1.42. The molecule has 5 rings (SSSR count). The van der Waals surface area contributed by atoms with Crippen LogP contribution < -0.4 is 4.90 Å². The fourth-order valence-corrected chi connectivity index (χ4v) is 6.54. The van der Waals surface area contributed by atoms with E-state index in [2.05, 4.69) is 62.9 Å². The molecule has 0 unspecified atom stereocenters. The predicted octanol–water partition coefficient (Wildman–Crippen LogP) is 2.67. The lowest BCUT2D eigenvalue weighted by molar-refractivity contribution is -0.00844. The van der Waals surface area contributed by atoms with Crippen LogP contribution in [0, 0.1) is 13.8 Å². The van der Waals surface area contributed by atoms with Crippen molar-refractivity contribution in [3.63, 3.8) is 0 Å². The van der Waals surface area contributed by atoms with Crippen molar-refractivity contribution in [2.75, 3.05) is 50.9 Å². The molecular formula is C21H32N4O3Si. The monoisotopic (exact) mass is 416 g/mol. The smallest absolute Gasteiger partial charge is 0.372 e. The second-order valence-corrected chi connectivity index (χ2v) is 10.6. The zero-order chi connectivity index (χ0) is 20.1. The maximum Gasteiger partial charge on any atom is 0.501 e. The van der Waals surface area contributed by atoms with Gasteiger partial charge in [-0.3, -0.25) is 4.90 Å². The SMILES string of the molecule is Cc1cc(C)n(CN(CCC[Si]23OCCN(CCO2)CCO3)c2ccccc2)n1. The van der Waals surface area contributed by atoms with Gasteiger partial charge in [0, 0.05) is 43.6 Å². The molecule has 7 nitrogen and oxygen atoms in total. The van der Waals surface area contributed by atoms with E-state index < -0.39 is 8.80 Å². The van der Waals surface area contributed by atoms with Crippen LogP contribution in [0.5, 0.6) is 0 Å². The van der Waals surface area contributed by atoms with Gasteiger partial charge < -0.3 is 18.2 Å². The first-order chi connectivity index (χ1) is 14.1. The molecule has 1 aromatic carbocycles. The highest BCUT2D eigenvalue weighted by Gasteiger charge is 2.43. The van der Waals surface area contributed by atoms with Gasteiger partial charge in [0.25, 0.3) is 0 Å². The van der Waals surface area contributed by atoms with Gasteiger partial charge in [-0.25, -0.2) is 4.68 Å². The van der Waals surface area contributed by atoms with Gasteiger partial charge in [0.2, 0.25) is 0 Å². The van der Waals surface area contributed by atoms with E-state index >= 15 is 0 Å². The summed E-state index contributed by atoms with van der Waals surface area (Å²) >= 11 is 0. The van der Waals surface area contributed by atoms with Crippen LogP contribution >= 0.6 is 0 Å². The zero-order valence-electron chi connectivity index (χ0n) is 17.5. The standard InChI is InChI=1S/C21H32N4O3Si/c1-19-17-20(2)25(22-19)18-24(21-7-4-3-5-8-21)9-6-16-29-26-13-10-23(11-14-27-29)12-15-28-29/h3-5,7-8,17H,6,9-16,18H2,1-2H3. The number of hydrogen-bond acceptors (Lipinski definition) is 6. The highest BCUT2D eigenvalue weighted by molar-refractivity contribution is 6.60. The number of aromatic nitrogens is 2. The molecule has 3 saturated heterocycles. The number of rotatable bonds is 7. The van der Waals surface area contributed by atoms with Crippen LogP contribution in [0.1, 0.15) is 17.8 Å². The van der Waals surface area contributed by atoms with E-state index in [0.717, 1.165) is 51.0 Å². The Morgan fingerprint density at radius 2 is 1.66 bits per heavy atom. The first kappa shape index (κ1) is 20.6. The van der Waals surface area contributed by atoms with Crippen LogP contribution in [0.25, 0.3) is 0 Å². The number of hydrogen-bond donors (Lipinski definition) is 0. The van der Waals surface area contributed by atoms with E-state index in [9.17, 15) is 0 Å². The van der Waals surface area contributed by atoms with Crippen molar-refractivity contribution >= 4 is 14.5 Å². The van der Waals surface area contributed by atoms with Crippen molar-refractivity contribution < 1.29 is 13.3 Å².